The van der Waals surface area contributed by atoms with Crippen LogP contribution in [0.25, 0.3) is 0 Å². The largest absolute Gasteiger partial charge is 0.383 e. The molecule has 1 saturated heterocycles. The van der Waals surface area contributed by atoms with E-state index in [2.05, 4.69) is 10.3 Å². The van der Waals surface area contributed by atoms with Gasteiger partial charge >= 0.3 is 0 Å². The molecule has 0 radical (unpaired) electrons. The molecule has 1 aliphatic heterocycles. The SMILES string of the molecule is COCCNCC1CCN(S(=O)(=O)c2cnc(C)s2)CC1. The van der Waals surface area contributed by atoms with Crippen molar-refractivity contribution in [2.45, 2.75) is 24.0 Å². The van der Waals surface area contributed by atoms with Crippen molar-refractivity contribution in [2.75, 3.05) is 39.9 Å². The Morgan fingerprint density at radius 2 is 2.19 bits per heavy atom. The molecule has 2 rings (SSSR count). The third-order valence-corrected chi connectivity index (χ3v) is 6.93. The first kappa shape index (κ1) is 16.8. The highest BCUT2D eigenvalue weighted by Gasteiger charge is 2.30. The van der Waals surface area contributed by atoms with Gasteiger partial charge in [-0.25, -0.2) is 13.4 Å². The second-order valence-corrected chi connectivity index (χ2v) is 8.64. The number of hydrogen-bond donors (Lipinski definition) is 1. The number of sulfonamides is 1. The zero-order valence-electron chi connectivity index (χ0n) is 12.5. The molecular weight excluding hydrogens is 310 g/mol. The Labute approximate surface area is 130 Å². The fourth-order valence-corrected chi connectivity index (χ4v) is 5.16. The minimum Gasteiger partial charge on any atom is -0.383 e. The second kappa shape index (κ2) is 7.64. The van der Waals surface area contributed by atoms with E-state index in [9.17, 15) is 8.42 Å². The highest BCUT2D eigenvalue weighted by molar-refractivity contribution is 7.91. The molecule has 0 bridgehead atoms. The number of hydrogen-bond acceptors (Lipinski definition) is 6. The van der Waals surface area contributed by atoms with Crippen molar-refractivity contribution in [1.29, 1.82) is 0 Å². The topological polar surface area (TPSA) is 71.5 Å². The summed E-state index contributed by atoms with van der Waals surface area (Å²) in [6, 6.07) is 0. The van der Waals surface area contributed by atoms with E-state index >= 15 is 0 Å². The molecule has 1 N–H and O–H groups in total. The molecule has 1 fully saturated rings. The normalized spacial score (nSPS) is 18.2. The molecule has 1 aliphatic rings. The minimum absolute atomic E-state index is 0.358. The van der Waals surface area contributed by atoms with Gasteiger partial charge in [0.25, 0.3) is 10.0 Å². The molecule has 21 heavy (non-hydrogen) atoms. The van der Waals surface area contributed by atoms with Crippen LogP contribution in [0.5, 0.6) is 0 Å². The lowest BCUT2D eigenvalue weighted by Gasteiger charge is -2.30. The summed E-state index contributed by atoms with van der Waals surface area (Å²) in [6.07, 6.45) is 3.27. The smallest absolute Gasteiger partial charge is 0.254 e. The average molecular weight is 333 g/mol. The van der Waals surface area contributed by atoms with Crippen molar-refractivity contribution in [3.05, 3.63) is 11.2 Å². The van der Waals surface area contributed by atoms with Crippen molar-refractivity contribution in [3.63, 3.8) is 0 Å². The van der Waals surface area contributed by atoms with Crippen LogP contribution < -0.4 is 5.32 Å². The molecule has 0 amide bonds. The van der Waals surface area contributed by atoms with Crippen molar-refractivity contribution in [3.8, 4) is 0 Å². The Kier molecular flexibility index (Phi) is 6.12. The summed E-state index contributed by atoms with van der Waals surface area (Å²) in [5.74, 6) is 0.538. The molecule has 2 heterocycles. The lowest BCUT2D eigenvalue weighted by molar-refractivity contribution is 0.194. The van der Waals surface area contributed by atoms with Crippen LogP contribution in [0, 0.1) is 12.8 Å². The summed E-state index contributed by atoms with van der Waals surface area (Å²) in [5.41, 5.74) is 0. The fraction of sp³-hybridized carbons (Fsp3) is 0.769. The maximum atomic E-state index is 12.5. The Hall–Kier alpha value is -0.540. The van der Waals surface area contributed by atoms with Gasteiger partial charge in [-0.15, -0.1) is 11.3 Å². The highest BCUT2D eigenvalue weighted by atomic mass is 32.2. The van der Waals surface area contributed by atoms with Gasteiger partial charge in [0.2, 0.25) is 0 Å². The van der Waals surface area contributed by atoms with E-state index in [0.717, 1.165) is 30.9 Å². The van der Waals surface area contributed by atoms with E-state index < -0.39 is 10.0 Å². The van der Waals surface area contributed by atoms with E-state index in [-0.39, 0.29) is 0 Å². The van der Waals surface area contributed by atoms with Crippen LogP contribution in [0.2, 0.25) is 0 Å². The van der Waals surface area contributed by atoms with Crippen molar-refractivity contribution < 1.29 is 13.2 Å². The van der Waals surface area contributed by atoms with Gasteiger partial charge in [0, 0.05) is 26.7 Å². The van der Waals surface area contributed by atoms with E-state index in [1.807, 2.05) is 6.92 Å². The molecule has 1 aromatic heterocycles. The Morgan fingerprint density at radius 1 is 1.48 bits per heavy atom. The monoisotopic (exact) mass is 333 g/mol. The number of piperidine rings is 1. The average Bonchev–Trinajstić information content (AvgIpc) is 2.91. The first-order valence-electron chi connectivity index (χ1n) is 7.16. The summed E-state index contributed by atoms with van der Waals surface area (Å²) >= 11 is 1.24. The third kappa shape index (κ3) is 4.46. The summed E-state index contributed by atoms with van der Waals surface area (Å²) in [4.78, 5) is 4.04. The maximum absolute atomic E-state index is 12.5. The van der Waals surface area contributed by atoms with Crippen LogP contribution in [0.15, 0.2) is 10.4 Å². The predicted octanol–water partition coefficient (Wildman–Crippen LogP) is 1.09. The number of rotatable bonds is 7. The van der Waals surface area contributed by atoms with E-state index in [4.69, 9.17) is 4.74 Å². The number of aryl methyl sites for hydroxylation is 1. The molecule has 0 spiro atoms. The second-order valence-electron chi connectivity index (χ2n) is 5.24. The van der Waals surface area contributed by atoms with Gasteiger partial charge < -0.3 is 10.1 Å². The van der Waals surface area contributed by atoms with Gasteiger partial charge in [0.05, 0.1) is 17.8 Å². The summed E-state index contributed by atoms with van der Waals surface area (Å²) in [5, 5.41) is 4.13. The third-order valence-electron chi connectivity index (χ3n) is 3.68. The van der Waals surface area contributed by atoms with Crippen molar-refractivity contribution >= 4 is 21.4 Å². The zero-order valence-corrected chi connectivity index (χ0v) is 14.2. The molecule has 0 aromatic carbocycles. The highest BCUT2D eigenvalue weighted by Crippen LogP contribution is 2.26. The van der Waals surface area contributed by atoms with Crippen LogP contribution in [0.3, 0.4) is 0 Å². The van der Waals surface area contributed by atoms with Crippen molar-refractivity contribution in [1.82, 2.24) is 14.6 Å². The van der Waals surface area contributed by atoms with E-state index in [1.165, 1.54) is 17.5 Å². The fourth-order valence-electron chi connectivity index (χ4n) is 2.42. The van der Waals surface area contributed by atoms with Crippen LogP contribution >= 0.6 is 11.3 Å². The summed E-state index contributed by atoms with van der Waals surface area (Å²) in [7, 11) is -1.66. The van der Waals surface area contributed by atoms with Crippen molar-refractivity contribution in [2.24, 2.45) is 5.92 Å². The number of aromatic nitrogens is 1. The number of nitrogens with one attached hydrogen (secondary N) is 1. The zero-order chi connectivity index (χ0) is 15.3. The van der Waals surface area contributed by atoms with Gasteiger partial charge in [-0.05, 0) is 32.2 Å². The number of nitrogens with zero attached hydrogens (tertiary/aromatic N) is 2. The Balaban J connectivity index is 1.83. The molecule has 6 nitrogen and oxygen atoms in total. The summed E-state index contributed by atoms with van der Waals surface area (Å²) in [6.45, 7) is 5.48. The molecular formula is C13H23N3O3S2. The van der Waals surface area contributed by atoms with Gasteiger partial charge in [0.1, 0.15) is 0 Å². The number of thiazole rings is 1. The van der Waals surface area contributed by atoms with Crippen LogP contribution in [-0.4, -0.2) is 57.6 Å². The molecule has 120 valence electrons. The van der Waals surface area contributed by atoms with Crippen LogP contribution in [-0.2, 0) is 14.8 Å². The van der Waals surface area contributed by atoms with Crippen LogP contribution in [0.1, 0.15) is 17.8 Å². The van der Waals surface area contributed by atoms with E-state index in [1.54, 1.807) is 11.4 Å². The molecule has 0 aliphatic carbocycles. The van der Waals surface area contributed by atoms with Gasteiger partial charge in [0.15, 0.2) is 4.21 Å². The predicted molar refractivity (Wildman–Crippen MR) is 83.1 cm³/mol. The first-order chi connectivity index (χ1) is 10.0. The molecule has 1 aromatic rings. The van der Waals surface area contributed by atoms with E-state index in [0.29, 0.717) is 29.8 Å². The lowest BCUT2D eigenvalue weighted by Crippen LogP contribution is -2.40. The van der Waals surface area contributed by atoms with Crippen LogP contribution in [0.4, 0.5) is 0 Å². The molecule has 8 heteroatoms. The molecule has 0 saturated carbocycles. The number of ether oxygens (including phenoxy) is 1. The molecule has 0 unspecified atom stereocenters. The quantitative estimate of drug-likeness (QED) is 0.756. The Bertz CT molecular complexity index is 537. The standard InChI is InChI=1S/C13H23N3O3S2/c1-11-15-10-13(20-11)21(17,18)16-6-3-12(4-7-16)9-14-5-8-19-2/h10,12,14H,3-9H2,1-2H3. The van der Waals surface area contributed by atoms with Gasteiger partial charge in [-0.2, -0.15) is 4.31 Å². The Morgan fingerprint density at radius 3 is 2.76 bits per heavy atom. The first-order valence-corrected chi connectivity index (χ1v) is 9.42. The number of methoxy groups -OCH3 is 1. The molecule has 0 atom stereocenters. The summed E-state index contributed by atoms with van der Waals surface area (Å²) < 4.78 is 31.9. The minimum atomic E-state index is -3.34. The lowest BCUT2D eigenvalue weighted by atomic mass is 9.98. The van der Waals surface area contributed by atoms with Gasteiger partial charge in [-0.3, -0.25) is 0 Å². The maximum Gasteiger partial charge on any atom is 0.254 e. The van der Waals surface area contributed by atoms with Gasteiger partial charge in [-0.1, -0.05) is 0 Å².